The molecule has 0 amide bonds. The Morgan fingerprint density at radius 2 is 0.663 bits per heavy atom. The summed E-state index contributed by atoms with van der Waals surface area (Å²) in [6, 6.07) is 101. The molecule has 11 aromatic carbocycles. The Morgan fingerprint density at radius 3 is 1.13 bits per heavy atom. The molecule has 13 aromatic rings. The first-order valence-corrected chi connectivity index (χ1v) is 26.9. The number of aromatic nitrogens is 3. The van der Waals surface area contributed by atoms with Gasteiger partial charge >= 0.3 is 0 Å². The number of hydrogen-bond donors (Lipinski definition) is 0. The predicted octanol–water partition coefficient (Wildman–Crippen LogP) is 18.3. The molecule has 2 aromatic heterocycles. The highest BCUT2D eigenvalue weighted by Gasteiger charge is 2.22. The Labute approximate surface area is 480 Å². The summed E-state index contributed by atoms with van der Waals surface area (Å²) < 4.78 is 2.34. The van der Waals surface area contributed by atoms with Gasteiger partial charge in [-0.2, -0.15) is 21.0 Å². The average Bonchev–Trinajstić information content (AvgIpc) is 3.14. The van der Waals surface area contributed by atoms with Crippen molar-refractivity contribution in [1.82, 2.24) is 14.5 Å². The number of nitrogens with zero attached hydrogens (tertiary/aromatic N) is 9. The first-order valence-electron chi connectivity index (χ1n) is 26.9. The summed E-state index contributed by atoms with van der Waals surface area (Å²) in [4.78, 5) is 14.3. The lowest BCUT2D eigenvalue weighted by Crippen LogP contribution is -2.09. The Kier molecular flexibility index (Phi) is 13.3. The largest absolute Gasteiger partial charge is 0.310 e. The monoisotopic (exact) mass is 1060 g/mol. The third-order valence-corrected chi connectivity index (χ3v) is 15.0. The van der Waals surface area contributed by atoms with Gasteiger partial charge in [0.25, 0.3) is 0 Å². The lowest BCUT2D eigenvalue weighted by molar-refractivity contribution is 1.18. The molecule has 0 atom stereocenters. The van der Waals surface area contributed by atoms with E-state index in [-0.39, 0.29) is 5.82 Å². The van der Waals surface area contributed by atoms with Crippen LogP contribution in [0.25, 0.3) is 83.6 Å². The fourth-order valence-electron chi connectivity index (χ4n) is 11.1. The van der Waals surface area contributed by atoms with Gasteiger partial charge in [0, 0.05) is 72.8 Å². The highest BCUT2D eigenvalue weighted by atomic mass is 15.1. The lowest BCUT2D eigenvalue weighted by atomic mass is 9.91. The van der Waals surface area contributed by atoms with Gasteiger partial charge < -0.3 is 14.4 Å². The normalized spacial score (nSPS) is 10.8. The minimum Gasteiger partial charge on any atom is -0.310 e. The van der Waals surface area contributed by atoms with Crippen molar-refractivity contribution < 1.29 is 0 Å². The fraction of sp³-hybridized carbons (Fsp3) is 0. The van der Waals surface area contributed by atoms with Gasteiger partial charge in [0.2, 0.25) is 0 Å². The molecular formula is C74H45N9. The van der Waals surface area contributed by atoms with E-state index in [2.05, 4.69) is 196 Å². The zero-order valence-electron chi connectivity index (χ0n) is 44.5. The Hall–Kier alpha value is -12.1. The summed E-state index contributed by atoms with van der Waals surface area (Å²) in [6.45, 7) is 0. The van der Waals surface area contributed by atoms with Gasteiger partial charge in [0.1, 0.15) is 0 Å². The molecule has 0 N–H and O–H groups in total. The molecule has 0 aliphatic heterocycles. The maximum atomic E-state index is 10.7. The van der Waals surface area contributed by atoms with Crippen LogP contribution in [0.2, 0.25) is 0 Å². The highest BCUT2D eigenvalue weighted by molar-refractivity contribution is 6.12. The molecule has 2 heterocycles. The van der Waals surface area contributed by atoms with Crippen LogP contribution in [0.15, 0.2) is 273 Å². The maximum absolute atomic E-state index is 10.7. The molecule has 9 heteroatoms. The van der Waals surface area contributed by atoms with Crippen LogP contribution in [0.1, 0.15) is 22.3 Å². The predicted molar refractivity (Wildman–Crippen MR) is 332 cm³/mol. The molecule has 0 unspecified atom stereocenters. The van der Waals surface area contributed by atoms with E-state index in [0.29, 0.717) is 55.9 Å². The zero-order chi connectivity index (χ0) is 56.2. The molecule has 0 radical (unpaired) electrons. The number of fused-ring (bicyclic) bond motifs is 3. The van der Waals surface area contributed by atoms with Crippen molar-refractivity contribution in [3.8, 4) is 86.1 Å². The minimum absolute atomic E-state index is 0.250. The van der Waals surface area contributed by atoms with Crippen LogP contribution in [-0.2, 0) is 0 Å². The smallest absolute Gasteiger partial charge is 0.161 e. The van der Waals surface area contributed by atoms with Crippen molar-refractivity contribution in [3.05, 3.63) is 295 Å². The summed E-state index contributed by atoms with van der Waals surface area (Å²) in [6.07, 6.45) is 0. The summed E-state index contributed by atoms with van der Waals surface area (Å²) >= 11 is 0. The van der Waals surface area contributed by atoms with Crippen LogP contribution in [0.4, 0.5) is 34.1 Å². The molecule has 0 fully saturated rings. The second kappa shape index (κ2) is 21.9. The molecule has 0 spiro atoms. The molecule has 0 saturated heterocycles. The second-order valence-corrected chi connectivity index (χ2v) is 19.8. The Balaban J connectivity index is 0.876. The topological polar surface area (TPSA) is 132 Å². The van der Waals surface area contributed by atoms with E-state index in [9.17, 15) is 21.0 Å². The maximum Gasteiger partial charge on any atom is 0.161 e. The first kappa shape index (κ1) is 50.4. The van der Waals surface area contributed by atoms with Crippen molar-refractivity contribution in [1.29, 1.82) is 21.0 Å². The number of anilines is 6. The van der Waals surface area contributed by atoms with E-state index in [1.165, 1.54) is 0 Å². The van der Waals surface area contributed by atoms with Crippen molar-refractivity contribution in [3.63, 3.8) is 0 Å². The van der Waals surface area contributed by atoms with Crippen LogP contribution in [-0.4, -0.2) is 14.5 Å². The Bertz CT molecular complexity index is 4470. The standard InChI is InChI=1S/C74H45N9/c75-46-53-17-13-15-27-64(53)70-45-71(80-74(79-70)65-28-16-14-18-54(65)47-76)67-42-55(48-77)66(41-56(67)49-78)52-31-29-50(30-32-52)51-33-35-61(36-34-51)83-72-39-37-62(81(57-19-5-1-6-20-57)58-21-7-2-8-22-58)43-68(72)69-44-63(38-40-73(69)83)82(59-23-9-3-10-24-59)60-25-11-4-12-26-60/h1-45H. The number of nitriles is 4. The molecule has 386 valence electrons. The van der Waals surface area contributed by atoms with Gasteiger partial charge in [-0.3, -0.25) is 0 Å². The number of para-hydroxylation sites is 4. The van der Waals surface area contributed by atoms with Crippen molar-refractivity contribution >= 4 is 55.9 Å². The summed E-state index contributed by atoms with van der Waals surface area (Å²) in [7, 11) is 0. The van der Waals surface area contributed by atoms with Crippen molar-refractivity contribution in [2.75, 3.05) is 9.80 Å². The third-order valence-electron chi connectivity index (χ3n) is 15.0. The molecular weight excluding hydrogens is 1010 g/mol. The number of benzene rings is 11. The van der Waals surface area contributed by atoms with Gasteiger partial charge in [-0.05, 0) is 150 Å². The molecule has 0 saturated carbocycles. The van der Waals surface area contributed by atoms with Gasteiger partial charge in [0.05, 0.1) is 69.0 Å². The summed E-state index contributed by atoms with van der Waals surface area (Å²) in [5, 5.41) is 43.7. The molecule has 0 bridgehead atoms. The minimum atomic E-state index is 0.250. The average molecular weight is 1060 g/mol. The first-order chi connectivity index (χ1) is 41.0. The van der Waals surface area contributed by atoms with E-state index in [1.807, 2.05) is 54.6 Å². The molecule has 13 rings (SSSR count). The molecule has 0 aliphatic carbocycles. The van der Waals surface area contributed by atoms with Crippen LogP contribution >= 0.6 is 0 Å². The number of hydrogen-bond acceptors (Lipinski definition) is 8. The summed E-state index contributed by atoms with van der Waals surface area (Å²) in [5.74, 6) is 0.250. The molecule has 9 nitrogen and oxygen atoms in total. The molecule has 0 aliphatic rings. The van der Waals surface area contributed by atoms with E-state index in [1.54, 1.807) is 60.7 Å². The number of rotatable bonds is 12. The van der Waals surface area contributed by atoms with Gasteiger partial charge in [-0.15, -0.1) is 0 Å². The van der Waals surface area contributed by atoms with Crippen molar-refractivity contribution in [2.45, 2.75) is 0 Å². The lowest BCUT2D eigenvalue weighted by Gasteiger charge is -2.26. The molecule has 83 heavy (non-hydrogen) atoms. The fourth-order valence-corrected chi connectivity index (χ4v) is 11.1. The quantitative estimate of drug-likeness (QED) is 0.118. The van der Waals surface area contributed by atoms with E-state index >= 15 is 0 Å². The van der Waals surface area contributed by atoms with E-state index in [0.717, 1.165) is 78.3 Å². The highest BCUT2D eigenvalue weighted by Crippen LogP contribution is 2.44. The SMILES string of the molecule is N#Cc1cc(-c2cc(-c3ccccc3C#N)nc(-c3ccccc3C#N)n2)c(C#N)cc1-c1ccc(-c2ccc(-n3c4ccc(N(c5ccccc5)c5ccccc5)cc4c4cc(N(c5ccccc5)c5ccccc5)ccc43)cc2)cc1. The van der Waals surface area contributed by atoms with Crippen LogP contribution in [0.3, 0.4) is 0 Å². The van der Waals surface area contributed by atoms with Crippen LogP contribution in [0, 0.1) is 45.3 Å². The van der Waals surface area contributed by atoms with Crippen LogP contribution < -0.4 is 9.80 Å². The second-order valence-electron chi connectivity index (χ2n) is 19.8. The van der Waals surface area contributed by atoms with E-state index < -0.39 is 0 Å². The Morgan fingerprint density at radius 1 is 0.289 bits per heavy atom. The van der Waals surface area contributed by atoms with Gasteiger partial charge in [-0.1, -0.05) is 140 Å². The van der Waals surface area contributed by atoms with Gasteiger partial charge in [-0.25, -0.2) is 9.97 Å². The zero-order valence-corrected chi connectivity index (χ0v) is 44.5. The summed E-state index contributed by atoms with van der Waals surface area (Å²) in [5.41, 5.74) is 16.5. The third kappa shape index (κ3) is 9.52. The van der Waals surface area contributed by atoms with Gasteiger partial charge in [0.15, 0.2) is 5.82 Å². The van der Waals surface area contributed by atoms with Crippen molar-refractivity contribution in [2.24, 2.45) is 0 Å². The van der Waals surface area contributed by atoms with E-state index in [4.69, 9.17) is 9.97 Å². The van der Waals surface area contributed by atoms with Crippen LogP contribution in [0.5, 0.6) is 0 Å².